The van der Waals surface area contributed by atoms with E-state index in [0.717, 1.165) is 12.1 Å². The van der Waals surface area contributed by atoms with Crippen molar-refractivity contribution in [2.24, 2.45) is 0 Å². The molecule has 0 radical (unpaired) electrons. The molecule has 2 aromatic carbocycles. The van der Waals surface area contributed by atoms with E-state index in [1.54, 1.807) is 0 Å². The maximum Gasteiger partial charge on any atom is 0.338 e. The van der Waals surface area contributed by atoms with Crippen LogP contribution in [-0.4, -0.2) is 25.0 Å². The second kappa shape index (κ2) is 7.04. The molecule has 3 nitrogen and oxygen atoms in total. The van der Waals surface area contributed by atoms with Crippen molar-refractivity contribution in [2.75, 3.05) is 14.2 Å². The molecule has 0 amide bonds. The highest BCUT2D eigenvalue weighted by Crippen LogP contribution is 2.15. The van der Waals surface area contributed by atoms with Crippen molar-refractivity contribution >= 4 is 5.97 Å². The lowest BCUT2D eigenvalue weighted by Crippen LogP contribution is -2.19. The number of rotatable bonds is 5. The molecule has 2 rings (SSSR count). The van der Waals surface area contributed by atoms with Crippen LogP contribution in [0.2, 0.25) is 0 Å². The molecule has 0 aliphatic carbocycles. The molecular weight excluding hydrogens is 262 g/mol. The fourth-order valence-corrected chi connectivity index (χ4v) is 2.39. The van der Waals surface area contributed by atoms with Crippen LogP contribution in [0.5, 0.6) is 0 Å². The number of methoxy groups -OCH3 is 1. The first-order chi connectivity index (χ1) is 10.1. The molecule has 0 heterocycles. The molecule has 0 atom stereocenters. The van der Waals surface area contributed by atoms with Crippen molar-refractivity contribution in [3.05, 3.63) is 70.8 Å². The van der Waals surface area contributed by atoms with Gasteiger partial charge in [0.05, 0.1) is 12.7 Å². The Morgan fingerprint density at radius 1 is 1.00 bits per heavy atom. The number of ether oxygens (including phenoxy) is 1. The van der Waals surface area contributed by atoms with E-state index in [2.05, 4.69) is 37.1 Å². The summed E-state index contributed by atoms with van der Waals surface area (Å²) >= 11 is 0. The molecule has 0 aromatic heterocycles. The van der Waals surface area contributed by atoms with Gasteiger partial charge in [-0.3, -0.25) is 4.90 Å². The predicted molar refractivity (Wildman–Crippen MR) is 84.1 cm³/mol. The maximum absolute atomic E-state index is 11.8. The van der Waals surface area contributed by atoms with Gasteiger partial charge in [0.25, 0.3) is 0 Å². The van der Waals surface area contributed by atoms with Gasteiger partial charge in [0, 0.05) is 13.1 Å². The minimum absolute atomic E-state index is 0.283. The Morgan fingerprint density at radius 3 is 2.24 bits per heavy atom. The number of nitrogens with zero attached hydrogens (tertiary/aromatic N) is 1. The Morgan fingerprint density at radius 2 is 1.57 bits per heavy atom. The van der Waals surface area contributed by atoms with Gasteiger partial charge < -0.3 is 4.74 Å². The maximum atomic E-state index is 11.8. The number of benzene rings is 2. The molecule has 0 saturated heterocycles. The van der Waals surface area contributed by atoms with Crippen LogP contribution in [0, 0.1) is 6.92 Å². The van der Waals surface area contributed by atoms with Crippen molar-refractivity contribution in [3.8, 4) is 0 Å². The topological polar surface area (TPSA) is 29.5 Å². The summed E-state index contributed by atoms with van der Waals surface area (Å²) in [7, 11) is 3.47. The molecule has 21 heavy (non-hydrogen) atoms. The van der Waals surface area contributed by atoms with Crippen LogP contribution in [0.4, 0.5) is 0 Å². The van der Waals surface area contributed by atoms with E-state index in [-0.39, 0.29) is 5.97 Å². The molecular formula is C18H21NO2. The summed E-state index contributed by atoms with van der Waals surface area (Å²) in [6, 6.07) is 15.9. The van der Waals surface area contributed by atoms with Gasteiger partial charge in [-0.05, 0) is 36.7 Å². The minimum Gasteiger partial charge on any atom is -0.465 e. The summed E-state index contributed by atoms with van der Waals surface area (Å²) in [5.74, 6) is -0.283. The van der Waals surface area contributed by atoms with Crippen molar-refractivity contribution in [2.45, 2.75) is 20.0 Å². The van der Waals surface area contributed by atoms with Crippen LogP contribution in [0.25, 0.3) is 0 Å². The SMILES string of the molecule is COC(=O)c1ccccc1CN(C)Cc1ccccc1C. The van der Waals surface area contributed by atoms with Gasteiger partial charge in [-0.15, -0.1) is 0 Å². The quantitative estimate of drug-likeness (QED) is 0.788. The molecule has 0 fully saturated rings. The largest absolute Gasteiger partial charge is 0.465 e. The summed E-state index contributed by atoms with van der Waals surface area (Å²) in [5, 5.41) is 0. The molecule has 0 N–H and O–H groups in total. The molecule has 0 aliphatic heterocycles. The van der Waals surface area contributed by atoms with Crippen molar-refractivity contribution < 1.29 is 9.53 Å². The van der Waals surface area contributed by atoms with Crippen molar-refractivity contribution in [3.63, 3.8) is 0 Å². The lowest BCUT2D eigenvalue weighted by Gasteiger charge is -2.19. The average Bonchev–Trinajstić information content (AvgIpc) is 2.49. The number of hydrogen-bond donors (Lipinski definition) is 0. The molecule has 2 aromatic rings. The predicted octanol–water partition coefficient (Wildman–Crippen LogP) is 3.41. The first-order valence-corrected chi connectivity index (χ1v) is 7.01. The molecule has 3 heteroatoms. The highest BCUT2D eigenvalue weighted by atomic mass is 16.5. The van der Waals surface area contributed by atoms with E-state index in [0.29, 0.717) is 12.1 Å². The van der Waals surface area contributed by atoms with Crippen molar-refractivity contribution in [1.82, 2.24) is 4.90 Å². The molecule has 0 unspecified atom stereocenters. The third kappa shape index (κ3) is 3.92. The van der Waals surface area contributed by atoms with E-state index in [4.69, 9.17) is 4.74 Å². The van der Waals surface area contributed by atoms with Crippen LogP contribution >= 0.6 is 0 Å². The number of hydrogen-bond acceptors (Lipinski definition) is 3. The van der Waals surface area contributed by atoms with E-state index in [1.165, 1.54) is 18.2 Å². The average molecular weight is 283 g/mol. The van der Waals surface area contributed by atoms with E-state index in [9.17, 15) is 4.79 Å². The van der Waals surface area contributed by atoms with Gasteiger partial charge in [-0.2, -0.15) is 0 Å². The summed E-state index contributed by atoms with van der Waals surface area (Å²) in [6.45, 7) is 3.67. The standard InChI is InChI=1S/C18H21NO2/c1-14-8-4-5-9-15(14)12-19(2)13-16-10-6-7-11-17(16)18(20)21-3/h4-11H,12-13H2,1-3H3. The zero-order valence-corrected chi connectivity index (χ0v) is 12.8. The summed E-state index contributed by atoms with van der Waals surface area (Å²) in [6.07, 6.45) is 0. The van der Waals surface area contributed by atoms with Crippen LogP contribution < -0.4 is 0 Å². The van der Waals surface area contributed by atoms with E-state index >= 15 is 0 Å². The van der Waals surface area contributed by atoms with Gasteiger partial charge in [0.2, 0.25) is 0 Å². The fraction of sp³-hybridized carbons (Fsp3) is 0.278. The third-order valence-electron chi connectivity index (χ3n) is 3.56. The number of esters is 1. The second-order valence-corrected chi connectivity index (χ2v) is 5.25. The molecule has 0 spiro atoms. The minimum atomic E-state index is -0.283. The summed E-state index contributed by atoms with van der Waals surface area (Å²) in [5.41, 5.74) is 4.21. The molecule has 110 valence electrons. The Kier molecular flexibility index (Phi) is 5.12. The Bertz CT molecular complexity index is 622. The van der Waals surface area contributed by atoms with Crippen LogP contribution in [0.1, 0.15) is 27.0 Å². The Balaban J connectivity index is 2.11. The lowest BCUT2D eigenvalue weighted by atomic mass is 10.1. The first-order valence-electron chi connectivity index (χ1n) is 7.01. The van der Waals surface area contributed by atoms with E-state index < -0.39 is 0 Å². The van der Waals surface area contributed by atoms with Gasteiger partial charge in [0.1, 0.15) is 0 Å². The molecule has 0 bridgehead atoms. The second-order valence-electron chi connectivity index (χ2n) is 5.25. The Hall–Kier alpha value is -2.13. The normalized spacial score (nSPS) is 10.7. The van der Waals surface area contributed by atoms with Gasteiger partial charge in [-0.1, -0.05) is 42.5 Å². The first kappa shape index (κ1) is 15.3. The van der Waals surface area contributed by atoms with Gasteiger partial charge in [-0.25, -0.2) is 4.79 Å². The highest BCUT2D eigenvalue weighted by Gasteiger charge is 2.12. The fourth-order valence-electron chi connectivity index (χ4n) is 2.39. The highest BCUT2D eigenvalue weighted by molar-refractivity contribution is 5.90. The number of carbonyl (C=O) groups excluding carboxylic acids is 1. The van der Waals surface area contributed by atoms with E-state index in [1.807, 2.05) is 30.3 Å². The van der Waals surface area contributed by atoms with Crippen LogP contribution in [-0.2, 0) is 17.8 Å². The van der Waals surface area contributed by atoms with Gasteiger partial charge in [0.15, 0.2) is 0 Å². The zero-order chi connectivity index (χ0) is 15.2. The molecule has 0 saturated carbocycles. The van der Waals surface area contributed by atoms with Crippen molar-refractivity contribution in [1.29, 1.82) is 0 Å². The number of carbonyl (C=O) groups is 1. The van der Waals surface area contributed by atoms with Crippen LogP contribution in [0.3, 0.4) is 0 Å². The Labute approximate surface area is 126 Å². The molecule has 0 aliphatic rings. The van der Waals surface area contributed by atoms with Gasteiger partial charge >= 0.3 is 5.97 Å². The lowest BCUT2D eigenvalue weighted by molar-refractivity contribution is 0.0598. The summed E-state index contributed by atoms with van der Waals surface area (Å²) < 4.78 is 4.84. The number of aryl methyl sites for hydroxylation is 1. The third-order valence-corrected chi connectivity index (χ3v) is 3.56. The zero-order valence-electron chi connectivity index (χ0n) is 12.8. The van der Waals surface area contributed by atoms with Crippen LogP contribution in [0.15, 0.2) is 48.5 Å². The smallest absolute Gasteiger partial charge is 0.338 e. The monoisotopic (exact) mass is 283 g/mol. The summed E-state index contributed by atoms with van der Waals surface area (Å²) in [4.78, 5) is 14.0.